The lowest BCUT2D eigenvalue weighted by atomic mass is 10.1. The Balaban J connectivity index is 1.36. The molecule has 0 N–H and O–H groups in total. The monoisotopic (exact) mass is 438 g/mol. The van der Waals surface area contributed by atoms with Crippen LogP contribution in [-0.2, 0) is 14.3 Å². The zero-order chi connectivity index (χ0) is 22.3. The quantitative estimate of drug-likeness (QED) is 0.370. The van der Waals surface area contributed by atoms with Crippen molar-refractivity contribution in [3.8, 4) is 23.0 Å². The molecule has 0 radical (unpaired) electrons. The van der Waals surface area contributed by atoms with Gasteiger partial charge < -0.3 is 28.4 Å². The van der Waals surface area contributed by atoms with Crippen molar-refractivity contribution in [3.05, 3.63) is 59.7 Å². The van der Waals surface area contributed by atoms with Gasteiger partial charge in [-0.05, 0) is 48.6 Å². The molecular formula is C25H26O7. The van der Waals surface area contributed by atoms with Crippen LogP contribution >= 0.6 is 0 Å². The first-order chi connectivity index (χ1) is 15.6. The first-order valence-corrected chi connectivity index (χ1v) is 10.4. The fraction of sp³-hybridized carbons (Fsp3) is 0.320. The Kier molecular flexibility index (Phi) is 7.09. The summed E-state index contributed by atoms with van der Waals surface area (Å²) in [7, 11) is 3.17. The Morgan fingerprint density at radius 1 is 0.844 bits per heavy atom. The van der Waals surface area contributed by atoms with E-state index in [4.69, 9.17) is 28.4 Å². The average Bonchev–Trinajstić information content (AvgIpc) is 3.74. The fourth-order valence-corrected chi connectivity index (χ4v) is 2.94. The van der Waals surface area contributed by atoms with E-state index >= 15 is 0 Å². The second-order valence-electron chi connectivity index (χ2n) is 7.41. The minimum Gasteiger partial charge on any atom is -0.496 e. The van der Waals surface area contributed by atoms with Crippen LogP contribution < -0.4 is 18.9 Å². The molecule has 2 aromatic carbocycles. The van der Waals surface area contributed by atoms with Crippen LogP contribution in [0.4, 0.5) is 0 Å². The van der Waals surface area contributed by atoms with Crippen molar-refractivity contribution >= 4 is 17.9 Å². The molecule has 2 aliphatic rings. The summed E-state index contributed by atoms with van der Waals surface area (Å²) in [6, 6.07) is 11.0. The van der Waals surface area contributed by atoms with E-state index in [1.54, 1.807) is 38.5 Å². The molecule has 168 valence electrons. The van der Waals surface area contributed by atoms with Gasteiger partial charge in [-0.15, -0.1) is 0 Å². The zero-order valence-corrected chi connectivity index (χ0v) is 18.1. The number of rotatable bonds is 12. The molecule has 2 atom stereocenters. The van der Waals surface area contributed by atoms with Gasteiger partial charge in [0, 0.05) is 23.3 Å². The Morgan fingerprint density at radius 3 is 1.66 bits per heavy atom. The van der Waals surface area contributed by atoms with Crippen molar-refractivity contribution < 1.29 is 33.2 Å². The number of carbonyl (C=O) groups is 1. The second-order valence-corrected chi connectivity index (χ2v) is 7.41. The number of hydrogen-bond acceptors (Lipinski definition) is 7. The summed E-state index contributed by atoms with van der Waals surface area (Å²) in [5, 5.41) is 0. The Hall–Kier alpha value is -3.29. The van der Waals surface area contributed by atoms with Gasteiger partial charge >= 0.3 is 0 Å². The molecule has 0 bridgehead atoms. The Morgan fingerprint density at radius 2 is 1.28 bits per heavy atom. The highest BCUT2D eigenvalue weighted by atomic mass is 16.6. The topological polar surface area (TPSA) is 79.1 Å². The molecule has 0 amide bonds. The van der Waals surface area contributed by atoms with Crippen LogP contribution in [0, 0.1) is 0 Å². The number of allylic oxidation sites excluding steroid dienone is 2. The first kappa shape index (κ1) is 21.9. The molecule has 0 saturated carbocycles. The molecule has 0 aromatic heterocycles. The van der Waals surface area contributed by atoms with Gasteiger partial charge in [-0.1, -0.05) is 0 Å². The van der Waals surface area contributed by atoms with Crippen molar-refractivity contribution in [1.29, 1.82) is 0 Å². The van der Waals surface area contributed by atoms with Gasteiger partial charge in [0.25, 0.3) is 0 Å². The lowest BCUT2D eigenvalue weighted by Gasteiger charge is -2.09. The second kappa shape index (κ2) is 10.3. The molecule has 2 heterocycles. The molecule has 0 spiro atoms. The number of carbonyl (C=O) groups excluding carboxylic acids is 1. The molecule has 2 unspecified atom stereocenters. The number of methoxy groups -OCH3 is 2. The number of hydrogen-bond donors (Lipinski definition) is 0. The van der Waals surface area contributed by atoms with Gasteiger partial charge in [0.1, 0.15) is 48.4 Å². The van der Waals surface area contributed by atoms with Crippen molar-refractivity contribution in [2.45, 2.75) is 12.2 Å². The molecule has 2 aromatic rings. The first-order valence-electron chi connectivity index (χ1n) is 10.4. The van der Waals surface area contributed by atoms with Gasteiger partial charge in [0.15, 0.2) is 5.78 Å². The number of epoxide rings is 2. The number of ketones is 1. The van der Waals surface area contributed by atoms with E-state index in [0.29, 0.717) is 36.2 Å². The minimum atomic E-state index is -0.161. The van der Waals surface area contributed by atoms with Crippen LogP contribution in [0.15, 0.2) is 48.6 Å². The van der Waals surface area contributed by atoms with E-state index in [2.05, 4.69) is 0 Å². The largest absolute Gasteiger partial charge is 0.496 e. The van der Waals surface area contributed by atoms with Gasteiger partial charge in [-0.2, -0.15) is 0 Å². The van der Waals surface area contributed by atoms with Crippen LogP contribution in [0.2, 0.25) is 0 Å². The summed E-state index contributed by atoms with van der Waals surface area (Å²) in [5.41, 5.74) is 1.56. The van der Waals surface area contributed by atoms with E-state index in [0.717, 1.165) is 24.3 Å². The van der Waals surface area contributed by atoms with Gasteiger partial charge in [-0.3, -0.25) is 4.79 Å². The third-order valence-electron chi connectivity index (χ3n) is 4.94. The molecule has 32 heavy (non-hydrogen) atoms. The smallest absolute Gasteiger partial charge is 0.178 e. The van der Waals surface area contributed by atoms with E-state index < -0.39 is 0 Å². The van der Waals surface area contributed by atoms with Crippen molar-refractivity contribution in [3.63, 3.8) is 0 Å². The maximum Gasteiger partial charge on any atom is 0.178 e. The molecule has 0 aliphatic carbocycles. The predicted molar refractivity (Wildman–Crippen MR) is 120 cm³/mol. The van der Waals surface area contributed by atoms with E-state index in [9.17, 15) is 4.79 Å². The van der Waals surface area contributed by atoms with Crippen LogP contribution in [-0.4, -0.2) is 58.6 Å². The lowest BCUT2D eigenvalue weighted by Crippen LogP contribution is -2.04. The van der Waals surface area contributed by atoms with Crippen molar-refractivity contribution in [2.24, 2.45) is 0 Å². The fourth-order valence-electron chi connectivity index (χ4n) is 2.94. The maximum atomic E-state index is 12.4. The zero-order valence-electron chi connectivity index (χ0n) is 18.1. The minimum absolute atomic E-state index is 0.161. The van der Waals surface area contributed by atoms with Crippen LogP contribution in [0.25, 0.3) is 12.2 Å². The van der Waals surface area contributed by atoms with Crippen molar-refractivity contribution in [1.82, 2.24) is 0 Å². The lowest BCUT2D eigenvalue weighted by molar-refractivity contribution is -0.110. The highest BCUT2D eigenvalue weighted by Crippen LogP contribution is 2.28. The van der Waals surface area contributed by atoms with Crippen molar-refractivity contribution in [2.75, 3.05) is 40.6 Å². The summed E-state index contributed by atoms with van der Waals surface area (Å²) in [4.78, 5) is 12.4. The van der Waals surface area contributed by atoms with Gasteiger partial charge in [-0.25, -0.2) is 0 Å². The average molecular weight is 438 g/mol. The summed E-state index contributed by atoms with van der Waals surface area (Å²) in [6.07, 6.45) is 6.79. The molecule has 2 aliphatic heterocycles. The summed E-state index contributed by atoms with van der Waals surface area (Å²) in [5.74, 6) is 2.49. The van der Waals surface area contributed by atoms with E-state index in [-0.39, 0.29) is 18.0 Å². The third-order valence-corrected chi connectivity index (χ3v) is 4.94. The molecular weight excluding hydrogens is 412 g/mol. The van der Waals surface area contributed by atoms with E-state index in [1.807, 2.05) is 24.3 Å². The highest BCUT2D eigenvalue weighted by molar-refractivity contribution is 6.04. The highest BCUT2D eigenvalue weighted by Gasteiger charge is 2.23. The van der Waals surface area contributed by atoms with Crippen LogP contribution in [0.5, 0.6) is 23.0 Å². The van der Waals surface area contributed by atoms with Crippen LogP contribution in [0.3, 0.4) is 0 Å². The maximum absolute atomic E-state index is 12.4. The number of ether oxygens (including phenoxy) is 6. The molecule has 2 fully saturated rings. The molecule has 2 saturated heterocycles. The van der Waals surface area contributed by atoms with E-state index in [1.165, 1.54) is 12.2 Å². The van der Waals surface area contributed by atoms with Crippen LogP contribution in [0.1, 0.15) is 11.1 Å². The third kappa shape index (κ3) is 6.35. The molecule has 4 rings (SSSR count). The summed E-state index contributed by atoms with van der Waals surface area (Å²) in [6.45, 7) is 2.53. The normalized spacial score (nSPS) is 19.2. The SMILES string of the molecule is COc1cc(OCC2CO2)ccc1/C=C/C(=O)/C=C/c1ccc(OCC2CO2)cc1OC. The summed E-state index contributed by atoms with van der Waals surface area (Å²) >= 11 is 0. The standard InChI is InChI=1S/C25H26O7/c1-27-24-11-20(29-13-22-15-31-22)9-5-17(24)3-7-19(26)8-4-18-6-10-21(12-25(18)28-2)30-14-23-16-32-23/h3-12,22-23H,13-16H2,1-2H3/b7-3+,8-4+. The van der Waals surface area contributed by atoms with Gasteiger partial charge in [0.05, 0.1) is 27.4 Å². The number of benzene rings is 2. The predicted octanol–water partition coefficient (Wildman–Crippen LogP) is 3.55. The Labute approximate surface area is 187 Å². The molecule has 7 heteroatoms. The molecule has 7 nitrogen and oxygen atoms in total. The summed E-state index contributed by atoms with van der Waals surface area (Å²) < 4.78 is 32.5. The van der Waals surface area contributed by atoms with Gasteiger partial charge in [0.2, 0.25) is 0 Å². The Bertz CT molecular complexity index is 924.